The van der Waals surface area contributed by atoms with Crippen LogP contribution in [-0.4, -0.2) is 36.4 Å². The highest BCUT2D eigenvalue weighted by Gasteiger charge is 2.28. The third-order valence-electron chi connectivity index (χ3n) is 3.12. The van der Waals surface area contributed by atoms with E-state index < -0.39 is 12.8 Å². The minimum atomic E-state index is -4.41. The first-order chi connectivity index (χ1) is 10.4. The third kappa shape index (κ3) is 5.88. The molecule has 5 nitrogen and oxygen atoms in total. The maximum absolute atomic E-state index is 12.0. The summed E-state index contributed by atoms with van der Waals surface area (Å²) in [6.45, 7) is -0.650. The van der Waals surface area contributed by atoms with Gasteiger partial charge < -0.3 is 14.8 Å². The SMILES string of the molecule is O=C(CC[C@@H]1CCCO1)Nc1ccc(OCC(F)(F)F)nc1. The molecule has 1 aliphatic rings. The lowest BCUT2D eigenvalue weighted by molar-refractivity contribution is -0.154. The van der Waals surface area contributed by atoms with Crippen molar-refractivity contribution >= 4 is 11.6 Å². The van der Waals surface area contributed by atoms with Crippen molar-refractivity contribution in [1.82, 2.24) is 4.98 Å². The minimum absolute atomic E-state index is 0.141. The van der Waals surface area contributed by atoms with Gasteiger partial charge in [-0.05, 0) is 25.3 Å². The van der Waals surface area contributed by atoms with Crippen LogP contribution in [0.4, 0.5) is 18.9 Å². The lowest BCUT2D eigenvalue weighted by Gasteiger charge is -2.10. The number of anilines is 1. The van der Waals surface area contributed by atoms with Crippen LogP contribution in [0.25, 0.3) is 0 Å². The molecule has 1 aromatic rings. The molecule has 2 rings (SSSR count). The molecule has 1 fully saturated rings. The molecule has 0 aliphatic carbocycles. The van der Waals surface area contributed by atoms with E-state index in [1.165, 1.54) is 18.3 Å². The van der Waals surface area contributed by atoms with Crippen molar-refractivity contribution in [2.24, 2.45) is 0 Å². The number of ether oxygens (including phenoxy) is 2. The first-order valence-electron chi connectivity index (χ1n) is 6.99. The first kappa shape index (κ1) is 16.5. The highest BCUT2D eigenvalue weighted by atomic mass is 19.4. The van der Waals surface area contributed by atoms with Crippen LogP contribution in [0.1, 0.15) is 25.7 Å². The van der Waals surface area contributed by atoms with E-state index in [1.807, 2.05) is 0 Å². The molecule has 0 saturated carbocycles. The molecule has 1 amide bonds. The zero-order valence-corrected chi connectivity index (χ0v) is 11.9. The van der Waals surface area contributed by atoms with Gasteiger partial charge in [-0.25, -0.2) is 4.98 Å². The molecule has 2 heterocycles. The number of carbonyl (C=O) groups excluding carboxylic acids is 1. The van der Waals surface area contributed by atoms with Crippen LogP contribution in [0, 0.1) is 0 Å². The van der Waals surface area contributed by atoms with Crippen molar-refractivity contribution in [3.05, 3.63) is 18.3 Å². The number of nitrogens with zero attached hydrogens (tertiary/aromatic N) is 1. The fourth-order valence-corrected chi connectivity index (χ4v) is 2.08. The number of nitrogens with one attached hydrogen (secondary N) is 1. The molecular weight excluding hydrogens is 301 g/mol. The highest BCUT2D eigenvalue weighted by molar-refractivity contribution is 5.90. The summed E-state index contributed by atoms with van der Waals surface area (Å²) in [5.41, 5.74) is 0.414. The zero-order valence-electron chi connectivity index (χ0n) is 11.9. The number of rotatable bonds is 6. The predicted octanol–water partition coefficient (Wildman–Crippen LogP) is 2.92. The van der Waals surface area contributed by atoms with Gasteiger partial charge in [-0.1, -0.05) is 0 Å². The van der Waals surface area contributed by atoms with Gasteiger partial charge in [0, 0.05) is 19.1 Å². The number of amides is 1. The number of pyridine rings is 1. The van der Waals surface area contributed by atoms with Crippen molar-refractivity contribution in [2.45, 2.75) is 38.0 Å². The Bertz CT molecular complexity index is 485. The second-order valence-corrected chi connectivity index (χ2v) is 5.01. The Balaban J connectivity index is 1.74. The van der Waals surface area contributed by atoms with Gasteiger partial charge >= 0.3 is 6.18 Å². The Morgan fingerprint density at radius 1 is 1.45 bits per heavy atom. The molecule has 1 aliphatic heterocycles. The van der Waals surface area contributed by atoms with Crippen molar-refractivity contribution < 1.29 is 27.4 Å². The minimum Gasteiger partial charge on any atom is -0.468 e. The van der Waals surface area contributed by atoms with E-state index in [-0.39, 0.29) is 17.9 Å². The van der Waals surface area contributed by atoms with Gasteiger partial charge in [0.25, 0.3) is 0 Å². The number of carbonyl (C=O) groups is 1. The number of halogens is 3. The molecular formula is C14H17F3N2O3. The van der Waals surface area contributed by atoms with E-state index in [0.717, 1.165) is 19.4 Å². The zero-order chi connectivity index (χ0) is 16.0. The molecule has 0 aromatic carbocycles. The maximum Gasteiger partial charge on any atom is 0.422 e. The summed E-state index contributed by atoms with van der Waals surface area (Å²) in [5.74, 6) is -0.323. The smallest absolute Gasteiger partial charge is 0.422 e. The lowest BCUT2D eigenvalue weighted by atomic mass is 10.1. The summed E-state index contributed by atoms with van der Waals surface area (Å²) in [6, 6.07) is 2.73. The van der Waals surface area contributed by atoms with Crippen molar-refractivity contribution in [2.75, 3.05) is 18.5 Å². The van der Waals surface area contributed by atoms with Gasteiger partial charge in [0.05, 0.1) is 18.0 Å². The fraction of sp³-hybridized carbons (Fsp3) is 0.571. The average Bonchev–Trinajstić information content (AvgIpc) is 2.97. The van der Waals surface area contributed by atoms with Crippen molar-refractivity contribution in [3.8, 4) is 5.88 Å². The predicted molar refractivity (Wildman–Crippen MR) is 72.6 cm³/mol. The van der Waals surface area contributed by atoms with E-state index in [2.05, 4.69) is 15.0 Å². The first-order valence-corrected chi connectivity index (χ1v) is 6.99. The van der Waals surface area contributed by atoms with Gasteiger partial charge in [0.2, 0.25) is 11.8 Å². The Kier molecular flexibility index (Phi) is 5.59. The van der Waals surface area contributed by atoms with Crippen LogP contribution >= 0.6 is 0 Å². The van der Waals surface area contributed by atoms with E-state index in [4.69, 9.17) is 4.74 Å². The van der Waals surface area contributed by atoms with E-state index in [9.17, 15) is 18.0 Å². The Hall–Kier alpha value is -1.83. The summed E-state index contributed by atoms with van der Waals surface area (Å²) >= 11 is 0. The largest absolute Gasteiger partial charge is 0.468 e. The molecule has 1 aromatic heterocycles. The van der Waals surface area contributed by atoms with Gasteiger partial charge in [-0.3, -0.25) is 4.79 Å². The van der Waals surface area contributed by atoms with Crippen LogP contribution < -0.4 is 10.1 Å². The van der Waals surface area contributed by atoms with Crippen LogP contribution in [0.2, 0.25) is 0 Å². The summed E-state index contributed by atoms with van der Waals surface area (Å²) < 4.78 is 45.9. The topological polar surface area (TPSA) is 60.5 Å². The number of hydrogen-bond acceptors (Lipinski definition) is 4. The van der Waals surface area contributed by atoms with Crippen LogP contribution in [-0.2, 0) is 9.53 Å². The van der Waals surface area contributed by atoms with E-state index >= 15 is 0 Å². The van der Waals surface area contributed by atoms with E-state index in [1.54, 1.807) is 0 Å². The van der Waals surface area contributed by atoms with Crippen LogP contribution in [0.15, 0.2) is 18.3 Å². The Morgan fingerprint density at radius 3 is 2.86 bits per heavy atom. The van der Waals surface area contributed by atoms with Crippen LogP contribution in [0.3, 0.4) is 0 Å². The summed E-state index contributed by atoms with van der Waals surface area (Å²) in [7, 11) is 0. The molecule has 22 heavy (non-hydrogen) atoms. The normalized spacial score (nSPS) is 18.2. The highest BCUT2D eigenvalue weighted by Crippen LogP contribution is 2.19. The fourth-order valence-electron chi connectivity index (χ4n) is 2.08. The molecule has 0 unspecified atom stereocenters. The maximum atomic E-state index is 12.0. The molecule has 1 saturated heterocycles. The molecule has 8 heteroatoms. The molecule has 0 radical (unpaired) electrons. The second-order valence-electron chi connectivity index (χ2n) is 5.01. The van der Waals surface area contributed by atoms with Gasteiger partial charge in [-0.15, -0.1) is 0 Å². The number of hydrogen-bond donors (Lipinski definition) is 1. The summed E-state index contributed by atoms with van der Waals surface area (Å²) in [5, 5.41) is 2.63. The Labute approximate surface area is 125 Å². The van der Waals surface area contributed by atoms with Gasteiger partial charge in [0.1, 0.15) is 0 Å². The quantitative estimate of drug-likeness (QED) is 0.876. The monoisotopic (exact) mass is 318 g/mol. The van der Waals surface area contributed by atoms with Gasteiger partial charge in [0.15, 0.2) is 6.61 Å². The number of aromatic nitrogens is 1. The summed E-state index contributed by atoms with van der Waals surface area (Å²) in [4.78, 5) is 15.4. The molecule has 1 N–H and O–H groups in total. The average molecular weight is 318 g/mol. The number of alkyl halides is 3. The molecule has 1 atom stereocenters. The second kappa shape index (κ2) is 7.44. The molecule has 0 spiro atoms. The Morgan fingerprint density at radius 2 is 2.27 bits per heavy atom. The van der Waals surface area contributed by atoms with Crippen LogP contribution in [0.5, 0.6) is 5.88 Å². The standard InChI is InChI=1S/C14H17F3N2O3/c15-14(16,17)9-22-13-6-3-10(8-18-13)19-12(20)5-4-11-2-1-7-21-11/h3,6,8,11H,1-2,4-5,7,9H2,(H,19,20)/t11-/m0/s1. The third-order valence-corrected chi connectivity index (χ3v) is 3.12. The lowest BCUT2D eigenvalue weighted by Crippen LogP contribution is -2.19. The van der Waals surface area contributed by atoms with E-state index in [0.29, 0.717) is 18.5 Å². The summed E-state index contributed by atoms with van der Waals surface area (Å²) in [6.07, 6.45) is -0.0207. The van der Waals surface area contributed by atoms with Gasteiger partial charge in [-0.2, -0.15) is 13.2 Å². The van der Waals surface area contributed by atoms with Crippen molar-refractivity contribution in [1.29, 1.82) is 0 Å². The molecule has 0 bridgehead atoms. The molecule has 122 valence electrons. The van der Waals surface area contributed by atoms with Crippen molar-refractivity contribution in [3.63, 3.8) is 0 Å².